The van der Waals surface area contributed by atoms with Crippen molar-refractivity contribution in [1.29, 1.82) is 0 Å². The highest BCUT2D eigenvalue weighted by Crippen LogP contribution is 2.05. The fourth-order valence-corrected chi connectivity index (χ4v) is 1.72. The van der Waals surface area contributed by atoms with Crippen LogP contribution in [0.15, 0.2) is 0 Å². The van der Waals surface area contributed by atoms with Gasteiger partial charge in [0.15, 0.2) is 0 Å². The number of methoxy groups -OCH3 is 2. The van der Waals surface area contributed by atoms with Gasteiger partial charge in [-0.3, -0.25) is 4.79 Å². The SMILES string of the molecule is CCC[C@H](N)C(=O)N(CCOC)C(C)COC. The molecule has 0 aromatic carbocycles. The van der Waals surface area contributed by atoms with Gasteiger partial charge in [-0.1, -0.05) is 13.3 Å². The number of ether oxygens (including phenoxy) is 2. The van der Waals surface area contributed by atoms with Crippen molar-refractivity contribution < 1.29 is 14.3 Å². The van der Waals surface area contributed by atoms with E-state index in [1.54, 1.807) is 19.1 Å². The van der Waals surface area contributed by atoms with Gasteiger partial charge in [-0.25, -0.2) is 0 Å². The molecule has 0 saturated heterocycles. The fraction of sp³-hybridized carbons (Fsp3) is 0.917. The standard InChI is InChI=1S/C12H26N2O3/c1-5-6-11(13)12(15)14(7-8-16-3)10(2)9-17-4/h10-11H,5-9,13H2,1-4H3/t10?,11-/m0/s1. The average molecular weight is 246 g/mol. The largest absolute Gasteiger partial charge is 0.383 e. The highest BCUT2D eigenvalue weighted by molar-refractivity contribution is 5.81. The molecule has 0 aromatic heterocycles. The molecular weight excluding hydrogens is 220 g/mol. The summed E-state index contributed by atoms with van der Waals surface area (Å²) >= 11 is 0. The van der Waals surface area contributed by atoms with Gasteiger partial charge in [-0.05, 0) is 13.3 Å². The summed E-state index contributed by atoms with van der Waals surface area (Å²) in [6.45, 7) is 5.55. The van der Waals surface area contributed by atoms with Crippen LogP contribution in [0.25, 0.3) is 0 Å². The highest BCUT2D eigenvalue weighted by Gasteiger charge is 2.24. The van der Waals surface area contributed by atoms with Gasteiger partial charge in [-0.2, -0.15) is 0 Å². The molecular formula is C12H26N2O3. The Morgan fingerprint density at radius 2 is 2.00 bits per heavy atom. The number of hydrogen-bond donors (Lipinski definition) is 1. The number of nitrogens with two attached hydrogens (primary N) is 1. The molecule has 0 rings (SSSR count). The number of hydrogen-bond acceptors (Lipinski definition) is 4. The summed E-state index contributed by atoms with van der Waals surface area (Å²) in [4.78, 5) is 13.9. The quantitative estimate of drug-likeness (QED) is 0.648. The Balaban J connectivity index is 4.48. The van der Waals surface area contributed by atoms with Crippen LogP contribution in [0, 0.1) is 0 Å². The molecule has 17 heavy (non-hydrogen) atoms. The van der Waals surface area contributed by atoms with Crippen molar-refractivity contribution in [3.8, 4) is 0 Å². The Bertz CT molecular complexity index is 212. The Morgan fingerprint density at radius 3 is 2.47 bits per heavy atom. The van der Waals surface area contributed by atoms with E-state index in [0.717, 1.165) is 6.42 Å². The molecule has 1 amide bonds. The molecule has 0 saturated carbocycles. The van der Waals surface area contributed by atoms with E-state index >= 15 is 0 Å². The zero-order valence-electron chi connectivity index (χ0n) is 11.4. The maximum absolute atomic E-state index is 12.1. The molecule has 2 N–H and O–H groups in total. The second-order valence-corrected chi connectivity index (χ2v) is 4.22. The molecule has 5 heteroatoms. The van der Waals surface area contributed by atoms with Gasteiger partial charge >= 0.3 is 0 Å². The van der Waals surface area contributed by atoms with E-state index in [1.807, 2.05) is 13.8 Å². The summed E-state index contributed by atoms with van der Waals surface area (Å²) in [6.07, 6.45) is 1.62. The zero-order chi connectivity index (χ0) is 13.3. The maximum atomic E-state index is 12.1. The van der Waals surface area contributed by atoms with Crippen molar-refractivity contribution in [2.75, 3.05) is 34.0 Å². The van der Waals surface area contributed by atoms with E-state index in [4.69, 9.17) is 15.2 Å². The molecule has 5 nitrogen and oxygen atoms in total. The molecule has 0 bridgehead atoms. The fourth-order valence-electron chi connectivity index (χ4n) is 1.72. The highest BCUT2D eigenvalue weighted by atomic mass is 16.5. The summed E-state index contributed by atoms with van der Waals surface area (Å²) in [5.74, 6) is -0.0200. The maximum Gasteiger partial charge on any atom is 0.239 e. The first-order valence-corrected chi connectivity index (χ1v) is 6.12. The lowest BCUT2D eigenvalue weighted by Crippen LogP contribution is -2.50. The predicted octanol–water partition coefficient (Wildman–Crippen LogP) is 0.624. The van der Waals surface area contributed by atoms with Crippen molar-refractivity contribution in [2.45, 2.75) is 38.8 Å². The van der Waals surface area contributed by atoms with Crippen molar-refractivity contribution in [1.82, 2.24) is 4.90 Å². The van der Waals surface area contributed by atoms with E-state index in [1.165, 1.54) is 0 Å². The van der Waals surface area contributed by atoms with Crippen LogP contribution in [0.5, 0.6) is 0 Å². The topological polar surface area (TPSA) is 64.8 Å². The van der Waals surface area contributed by atoms with Gasteiger partial charge in [0.1, 0.15) is 0 Å². The summed E-state index contributed by atoms with van der Waals surface area (Å²) in [6, 6.07) is -0.401. The molecule has 0 aromatic rings. The lowest BCUT2D eigenvalue weighted by Gasteiger charge is -2.30. The average Bonchev–Trinajstić information content (AvgIpc) is 2.30. The molecule has 0 heterocycles. The number of carbonyl (C=O) groups is 1. The minimum absolute atomic E-state index is 0.0190. The summed E-state index contributed by atoms with van der Waals surface area (Å²) in [7, 11) is 3.25. The molecule has 0 radical (unpaired) electrons. The van der Waals surface area contributed by atoms with Crippen LogP contribution >= 0.6 is 0 Å². The smallest absolute Gasteiger partial charge is 0.239 e. The zero-order valence-corrected chi connectivity index (χ0v) is 11.4. The number of nitrogens with zero attached hydrogens (tertiary/aromatic N) is 1. The Morgan fingerprint density at radius 1 is 1.35 bits per heavy atom. The van der Waals surface area contributed by atoms with E-state index in [9.17, 15) is 4.79 Å². The van der Waals surface area contributed by atoms with Gasteiger partial charge in [0, 0.05) is 20.8 Å². The van der Waals surface area contributed by atoms with Crippen LogP contribution in [0.4, 0.5) is 0 Å². The Labute approximate surface area is 104 Å². The molecule has 102 valence electrons. The lowest BCUT2D eigenvalue weighted by atomic mass is 10.1. The Kier molecular flexibility index (Phi) is 9.03. The molecule has 0 aliphatic carbocycles. The van der Waals surface area contributed by atoms with Crippen molar-refractivity contribution >= 4 is 5.91 Å². The second kappa shape index (κ2) is 9.39. The van der Waals surface area contributed by atoms with Gasteiger partial charge < -0.3 is 20.1 Å². The normalized spacial score (nSPS) is 14.4. The third-order valence-electron chi connectivity index (χ3n) is 2.68. The number of amides is 1. The summed E-state index contributed by atoms with van der Waals surface area (Å²) in [5, 5.41) is 0. The van der Waals surface area contributed by atoms with E-state index in [-0.39, 0.29) is 11.9 Å². The van der Waals surface area contributed by atoms with Crippen LogP contribution in [0.1, 0.15) is 26.7 Å². The minimum Gasteiger partial charge on any atom is -0.383 e. The molecule has 0 fully saturated rings. The van der Waals surface area contributed by atoms with Crippen LogP contribution < -0.4 is 5.73 Å². The lowest BCUT2D eigenvalue weighted by molar-refractivity contribution is -0.136. The summed E-state index contributed by atoms with van der Waals surface area (Å²) in [5.41, 5.74) is 5.86. The first-order valence-electron chi connectivity index (χ1n) is 6.12. The van der Waals surface area contributed by atoms with E-state index < -0.39 is 6.04 Å². The van der Waals surface area contributed by atoms with E-state index in [0.29, 0.717) is 26.2 Å². The third-order valence-corrected chi connectivity index (χ3v) is 2.68. The molecule has 1 unspecified atom stereocenters. The van der Waals surface area contributed by atoms with E-state index in [2.05, 4.69) is 0 Å². The van der Waals surface area contributed by atoms with Gasteiger partial charge in [0.25, 0.3) is 0 Å². The van der Waals surface area contributed by atoms with Gasteiger partial charge in [-0.15, -0.1) is 0 Å². The van der Waals surface area contributed by atoms with Gasteiger partial charge in [0.2, 0.25) is 5.91 Å². The van der Waals surface area contributed by atoms with Crippen LogP contribution in [0.2, 0.25) is 0 Å². The van der Waals surface area contributed by atoms with Crippen molar-refractivity contribution in [3.05, 3.63) is 0 Å². The first-order chi connectivity index (χ1) is 8.08. The molecule has 0 aliphatic heterocycles. The predicted molar refractivity (Wildman–Crippen MR) is 67.8 cm³/mol. The van der Waals surface area contributed by atoms with Crippen molar-refractivity contribution in [2.24, 2.45) is 5.73 Å². The van der Waals surface area contributed by atoms with Gasteiger partial charge in [0.05, 0.1) is 25.3 Å². The van der Waals surface area contributed by atoms with Crippen LogP contribution in [-0.4, -0.2) is 56.9 Å². The Hall–Kier alpha value is -0.650. The van der Waals surface area contributed by atoms with Crippen molar-refractivity contribution in [3.63, 3.8) is 0 Å². The monoisotopic (exact) mass is 246 g/mol. The number of carbonyl (C=O) groups excluding carboxylic acids is 1. The summed E-state index contributed by atoms with van der Waals surface area (Å²) < 4.78 is 10.1. The number of rotatable bonds is 9. The third kappa shape index (κ3) is 6.00. The van der Waals surface area contributed by atoms with Crippen LogP contribution in [0.3, 0.4) is 0 Å². The molecule has 0 spiro atoms. The van der Waals surface area contributed by atoms with Crippen LogP contribution in [-0.2, 0) is 14.3 Å². The first kappa shape index (κ1) is 16.4. The second-order valence-electron chi connectivity index (χ2n) is 4.22. The molecule has 0 aliphatic rings. The molecule has 2 atom stereocenters. The minimum atomic E-state index is -0.420.